The lowest BCUT2D eigenvalue weighted by Crippen LogP contribution is -2.16. The van der Waals surface area contributed by atoms with Crippen molar-refractivity contribution >= 4 is 23.7 Å². The van der Waals surface area contributed by atoms with E-state index in [0.717, 1.165) is 11.8 Å². The summed E-state index contributed by atoms with van der Waals surface area (Å²) in [5, 5.41) is 5.88. The van der Waals surface area contributed by atoms with E-state index in [4.69, 9.17) is 0 Å². The van der Waals surface area contributed by atoms with Crippen molar-refractivity contribution in [3.05, 3.63) is 5.82 Å². The number of esters is 1. The highest BCUT2D eigenvalue weighted by Crippen LogP contribution is 2.05. The SMILES string of the molecule is COC(=O)c1nc(NC(C)=O)n(C(C)=O)n1. The van der Waals surface area contributed by atoms with Crippen molar-refractivity contribution < 1.29 is 19.1 Å². The van der Waals surface area contributed by atoms with E-state index in [0.29, 0.717) is 0 Å². The molecule has 1 heterocycles. The second-order valence-electron chi connectivity index (χ2n) is 2.86. The van der Waals surface area contributed by atoms with Crippen LogP contribution in [0.25, 0.3) is 0 Å². The van der Waals surface area contributed by atoms with E-state index in [9.17, 15) is 14.4 Å². The fraction of sp³-hybridized carbons (Fsp3) is 0.375. The van der Waals surface area contributed by atoms with Crippen LogP contribution in [-0.4, -0.2) is 39.7 Å². The molecule has 1 N–H and O–H groups in total. The summed E-state index contributed by atoms with van der Waals surface area (Å²) in [6.45, 7) is 2.47. The van der Waals surface area contributed by atoms with E-state index in [1.54, 1.807) is 0 Å². The Kier molecular flexibility index (Phi) is 3.33. The molecule has 1 amide bonds. The van der Waals surface area contributed by atoms with Crippen molar-refractivity contribution in [2.45, 2.75) is 13.8 Å². The molecule has 0 saturated heterocycles. The van der Waals surface area contributed by atoms with Crippen LogP contribution in [0.4, 0.5) is 5.95 Å². The standard InChI is InChI=1S/C8H10N4O4/c1-4(13)9-8-10-6(7(15)16-3)11-12(8)5(2)14/h1-3H3,(H,9,10,11,13). The zero-order valence-electron chi connectivity index (χ0n) is 8.97. The molecule has 16 heavy (non-hydrogen) atoms. The molecular formula is C8H10N4O4. The molecule has 8 heteroatoms. The number of nitrogens with one attached hydrogen (secondary N) is 1. The molecule has 1 rings (SSSR count). The predicted molar refractivity (Wildman–Crippen MR) is 52.0 cm³/mol. The van der Waals surface area contributed by atoms with Crippen LogP contribution in [0.3, 0.4) is 0 Å². The number of amides is 1. The van der Waals surface area contributed by atoms with Crippen LogP contribution in [0.5, 0.6) is 0 Å². The predicted octanol–water partition coefficient (Wildman–Crippen LogP) is -0.317. The molecule has 0 aliphatic carbocycles. The minimum absolute atomic E-state index is 0.111. The van der Waals surface area contributed by atoms with Gasteiger partial charge >= 0.3 is 5.97 Å². The average Bonchev–Trinajstić information content (AvgIpc) is 2.59. The second-order valence-corrected chi connectivity index (χ2v) is 2.86. The van der Waals surface area contributed by atoms with Crippen molar-refractivity contribution in [3.8, 4) is 0 Å². The minimum Gasteiger partial charge on any atom is -0.463 e. The van der Waals surface area contributed by atoms with E-state index >= 15 is 0 Å². The van der Waals surface area contributed by atoms with Crippen LogP contribution in [0.15, 0.2) is 0 Å². The van der Waals surface area contributed by atoms with Gasteiger partial charge in [-0.25, -0.2) is 4.79 Å². The third kappa shape index (κ3) is 2.41. The van der Waals surface area contributed by atoms with Crippen LogP contribution in [0.2, 0.25) is 0 Å². The highest BCUT2D eigenvalue weighted by molar-refractivity contribution is 5.91. The maximum absolute atomic E-state index is 11.1. The van der Waals surface area contributed by atoms with E-state index in [1.165, 1.54) is 13.8 Å². The zero-order valence-corrected chi connectivity index (χ0v) is 8.97. The zero-order chi connectivity index (χ0) is 12.3. The van der Waals surface area contributed by atoms with E-state index in [1.807, 2.05) is 0 Å². The summed E-state index contributed by atoms with van der Waals surface area (Å²) >= 11 is 0. The molecule has 1 aromatic rings. The van der Waals surface area contributed by atoms with Gasteiger partial charge in [0, 0.05) is 13.8 Å². The molecule has 0 aliphatic heterocycles. The Morgan fingerprint density at radius 1 is 1.31 bits per heavy atom. The van der Waals surface area contributed by atoms with Crippen LogP contribution < -0.4 is 5.32 Å². The normalized spacial score (nSPS) is 9.69. The van der Waals surface area contributed by atoms with Gasteiger partial charge in [0.2, 0.25) is 17.8 Å². The van der Waals surface area contributed by atoms with Crippen molar-refractivity contribution in [2.75, 3.05) is 12.4 Å². The van der Waals surface area contributed by atoms with E-state index < -0.39 is 17.8 Å². The molecule has 86 valence electrons. The highest BCUT2D eigenvalue weighted by atomic mass is 16.5. The maximum Gasteiger partial charge on any atom is 0.378 e. The summed E-state index contributed by atoms with van der Waals surface area (Å²) in [4.78, 5) is 36.7. The van der Waals surface area contributed by atoms with Gasteiger partial charge in [-0.05, 0) is 0 Å². The maximum atomic E-state index is 11.1. The number of nitrogens with zero attached hydrogens (tertiary/aromatic N) is 3. The molecule has 0 aliphatic rings. The Morgan fingerprint density at radius 2 is 1.94 bits per heavy atom. The number of anilines is 1. The Morgan fingerprint density at radius 3 is 2.38 bits per heavy atom. The number of hydrogen-bond acceptors (Lipinski definition) is 6. The summed E-state index contributed by atoms with van der Waals surface area (Å²) in [7, 11) is 1.16. The van der Waals surface area contributed by atoms with Crippen molar-refractivity contribution in [1.29, 1.82) is 0 Å². The number of aromatic nitrogens is 3. The largest absolute Gasteiger partial charge is 0.463 e. The summed E-state index contributed by atoms with van der Waals surface area (Å²) in [6.07, 6.45) is 0. The molecule has 0 bridgehead atoms. The Bertz CT molecular complexity index is 451. The first kappa shape index (κ1) is 11.8. The lowest BCUT2D eigenvalue weighted by molar-refractivity contribution is -0.114. The number of ether oxygens (including phenoxy) is 1. The first-order chi connectivity index (χ1) is 7.45. The minimum atomic E-state index is -0.786. The first-order valence-corrected chi connectivity index (χ1v) is 4.29. The quantitative estimate of drug-likeness (QED) is 0.693. The summed E-state index contributed by atoms with van der Waals surface area (Å²) in [5.41, 5.74) is 0. The van der Waals surface area contributed by atoms with Gasteiger partial charge in [-0.1, -0.05) is 0 Å². The van der Waals surface area contributed by atoms with Gasteiger partial charge < -0.3 is 4.74 Å². The average molecular weight is 226 g/mol. The fourth-order valence-electron chi connectivity index (χ4n) is 0.948. The highest BCUT2D eigenvalue weighted by Gasteiger charge is 2.19. The topological polar surface area (TPSA) is 103 Å². The van der Waals surface area contributed by atoms with Crippen molar-refractivity contribution in [3.63, 3.8) is 0 Å². The second kappa shape index (κ2) is 4.51. The van der Waals surface area contributed by atoms with Gasteiger partial charge in [0.15, 0.2) is 0 Å². The number of methoxy groups -OCH3 is 1. The summed E-state index contributed by atoms with van der Waals surface area (Å²) in [5.74, 6) is -2.09. The Balaban J connectivity index is 3.14. The molecular weight excluding hydrogens is 216 g/mol. The van der Waals surface area contributed by atoms with Crippen molar-refractivity contribution in [1.82, 2.24) is 14.8 Å². The molecule has 0 spiro atoms. The van der Waals surface area contributed by atoms with E-state index in [-0.39, 0.29) is 11.8 Å². The molecule has 8 nitrogen and oxygen atoms in total. The first-order valence-electron chi connectivity index (χ1n) is 4.29. The van der Waals surface area contributed by atoms with Crippen LogP contribution in [0, 0.1) is 0 Å². The fourth-order valence-corrected chi connectivity index (χ4v) is 0.948. The van der Waals surface area contributed by atoms with Crippen LogP contribution in [-0.2, 0) is 9.53 Å². The number of carbonyl (C=O) groups is 3. The van der Waals surface area contributed by atoms with Crippen LogP contribution >= 0.6 is 0 Å². The Labute approximate surface area is 90.6 Å². The molecule has 0 fully saturated rings. The van der Waals surface area contributed by atoms with Gasteiger partial charge in [0.05, 0.1) is 7.11 Å². The lowest BCUT2D eigenvalue weighted by Gasteiger charge is -1.99. The summed E-state index contributed by atoms with van der Waals surface area (Å²) < 4.78 is 5.20. The lowest BCUT2D eigenvalue weighted by atomic mass is 10.6. The molecule has 0 radical (unpaired) electrons. The number of rotatable bonds is 2. The molecule has 0 unspecified atom stereocenters. The molecule has 0 atom stereocenters. The monoisotopic (exact) mass is 226 g/mol. The summed E-state index contributed by atoms with van der Waals surface area (Å²) in [6, 6.07) is 0. The van der Waals surface area contributed by atoms with Crippen molar-refractivity contribution in [2.24, 2.45) is 0 Å². The third-order valence-corrected chi connectivity index (χ3v) is 1.56. The number of carbonyl (C=O) groups excluding carboxylic acids is 3. The third-order valence-electron chi connectivity index (χ3n) is 1.56. The van der Waals surface area contributed by atoms with Gasteiger partial charge in [0.1, 0.15) is 0 Å². The smallest absolute Gasteiger partial charge is 0.378 e. The van der Waals surface area contributed by atoms with Crippen LogP contribution in [0.1, 0.15) is 29.3 Å². The molecule has 0 saturated carbocycles. The van der Waals surface area contributed by atoms with Gasteiger partial charge in [0.25, 0.3) is 5.82 Å². The van der Waals surface area contributed by atoms with Gasteiger partial charge in [-0.2, -0.15) is 9.67 Å². The van der Waals surface area contributed by atoms with Gasteiger partial charge in [-0.3, -0.25) is 14.9 Å². The Hall–Kier alpha value is -2.25. The molecule has 1 aromatic heterocycles. The van der Waals surface area contributed by atoms with Gasteiger partial charge in [-0.15, -0.1) is 5.10 Å². The van der Waals surface area contributed by atoms with E-state index in [2.05, 4.69) is 20.1 Å². The number of hydrogen-bond donors (Lipinski definition) is 1. The molecule has 0 aromatic carbocycles.